The van der Waals surface area contributed by atoms with Crippen LogP contribution in [0.25, 0.3) is 0 Å². The lowest BCUT2D eigenvalue weighted by Crippen LogP contribution is -1.99. The molecule has 2 rings (SSSR count). The highest BCUT2D eigenvalue weighted by atomic mass is 35.5. The molecule has 0 unspecified atom stereocenters. The molecule has 1 N–H and O–H groups in total. The first-order valence-corrected chi connectivity index (χ1v) is 6.55. The smallest absolute Gasteiger partial charge is 0.337 e. The fourth-order valence-electron chi connectivity index (χ4n) is 1.32. The summed E-state index contributed by atoms with van der Waals surface area (Å²) in [4.78, 5) is 16.0. The van der Waals surface area contributed by atoms with Crippen molar-refractivity contribution in [1.29, 1.82) is 0 Å². The molecule has 0 atom stereocenters. The summed E-state index contributed by atoms with van der Waals surface area (Å²) in [5.74, 6) is -1.06. The van der Waals surface area contributed by atoms with Crippen molar-refractivity contribution in [3.63, 3.8) is 0 Å². The molecular weight excluding hydrogens is 286 g/mol. The van der Waals surface area contributed by atoms with Gasteiger partial charge in [0.15, 0.2) is 0 Å². The highest BCUT2D eigenvalue weighted by molar-refractivity contribution is 7.99. The van der Waals surface area contributed by atoms with Gasteiger partial charge in [-0.15, -0.1) is 5.10 Å². The van der Waals surface area contributed by atoms with Crippen LogP contribution in [0.4, 0.5) is 0 Å². The fraction of sp³-hybridized carbons (Fsp3) is 0.167. The van der Waals surface area contributed by atoms with Crippen molar-refractivity contribution in [2.24, 2.45) is 0 Å². The highest BCUT2D eigenvalue weighted by Crippen LogP contribution is 2.28. The average molecular weight is 296 g/mol. The lowest BCUT2D eigenvalue weighted by molar-refractivity contribution is 0.0697. The molecule has 1 aromatic heterocycles. The van der Waals surface area contributed by atoms with Gasteiger partial charge in [0.05, 0.1) is 22.0 Å². The number of halogens is 1. The second-order valence-electron chi connectivity index (χ2n) is 3.81. The van der Waals surface area contributed by atoms with E-state index in [1.54, 1.807) is 12.1 Å². The summed E-state index contributed by atoms with van der Waals surface area (Å²) in [7, 11) is 0. The Morgan fingerprint density at radius 2 is 2.00 bits per heavy atom. The molecule has 5 nitrogen and oxygen atoms in total. The zero-order valence-corrected chi connectivity index (χ0v) is 11.8. The van der Waals surface area contributed by atoms with E-state index in [9.17, 15) is 4.79 Å². The molecule has 0 saturated carbocycles. The summed E-state index contributed by atoms with van der Waals surface area (Å²) in [5, 5.41) is 17.6. The number of carbonyl (C=O) groups is 1. The first kappa shape index (κ1) is 13.8. The number of carboxylic acid groups (broad SMARTS) is 1. The van der Waals surface area contributed by atoms with Crippen molar-refractivity contribution in [1.82, 2.24) is 15.2 Å². The van der Waals surface area contributed by atoms with Gasteiger partial charge in [-0.2, -0.15) is 5.10 Å². The molecule has 0 fully saturated rings. The number of aryl methyl sites for hydroxylation is 2. The monoisotopic (exact) mass is 295 g/mol. The van der Waals surface area contributed by atoms with Gasteiger partial charge in [0, 0.05) is 4.90 Å². The third-order valence-electron chi connectivity index (χ3n) is 2.45. The first-order valence-electron chi connectivity index (χ1n) is 5.36. The van der Waals surface area contributed by atoms with E-state index in [0.717, 1.165) is 11.4 Å². The van der Waals surface area contributed by atoms with E-state index in [2.05, 4.69) is 15.2 Å². The Morgan fingerprint density at radius 3 is 2.63 bits per heavy atom. The van der Waals surface area contributed by atoms with Crippen LogP contribution in [0.2, 0.25) is 5.02 Å². The fourth-order valence-corrected chi connectivity index (χ4v) is 2.30. The molecule has 0 saturated heterocycles. The summed E-state index contributed by atoms with van der Waals surface area (Å²) in [6, 6.07) is 4.76. The quantitative estimate of drug-likeness (QED) is 0.938. The van der Waals surface area contributed by atoms with Crippen LogP contribution in [0.1, 0.15) is 21.7 Å². The van der Waals surface area contributed by atoms with Gasteiger partial charge in [-0.1, -0.05) is 11.6 Å². The van der Waals surface area contributed by atoms with Crippen LogP contribution in [0.15, 0.2) is 28.3 Å². The van der Waals surface area contributed by atoms with Gasteiger partial charge in [-0.25, -0.2) is 9.78 Å². The van der Waals surface area contributed by atoms with Gasteiger partial charge >= 0.3 is 5.97 Å². The van der Waals surface area contributed by atoms with Crippen molar-refractivity contribution in [3.05, 3.63) is 40.2 Å². The van der Waals surface area contributed by atoms with Crippen molar-refractivity contribution in [2.45, 2.75) is 23.9 Å². The maximum atomic E-state index is 11.0. The number of hydrogen-bond acceptors (Lipinski definition) is 5. The van der Waals surface area contributed by atoms with Crippen LogP contribution < -0.4 is 0 Å². The second-order valence-corrected chi connectivity index (χ2v) is 5.26. The van der Waals surface area contributed by atoms with Crippen molar-refractivity contribution >= 4 is 29.3 Å². The summed E-state index contributed by atoms with van der Waals surface area (Å²) >= 11 is 7.05. The van der Waals surface area contributed by atoms with Crippen LogP contribution >= 0.6 is 23.4 Å². The van der Waals surface area contributed by atoms with E-state index >= 15 is 0 Å². The van der Waals surface area contributed by atoms with Crippen LogP contribution in [-0.4, -0.2) is 26.3 Å². The van der Waals surface area contributed by atoms with Crippen LogP contribution in [0.3, 0.4) is 0 Å². The van der Waals surface area contributed by atoms with Crippen molar-refractivity contribution in [3.8, 4) is 0 Å². The molecule has 0 bridgehead atoms. The standard InChI is InChI=1S/C12H10ClN3O2S/c1-6-7(2)15-16-12(14-6)19-8-3-4-10(13)9(5-8)11(17)18/h3-5H,1-2H3,(H,17,18). The number of carboxylic acids is 1. The number of benzene rings is 1. The summed E-state index contributed by atoms with van der Waals surface area (Å²) in [6.45, 7) is 3.67. The molecule has 0 amide bonds. The largest absolute Gasteiger partial charge is 0.478 e. The van der Waals surface area contributed by atoms with Crippen LogP contribution in [0.5, 0.6) is 0 Å². The van der Waals surface area contributed by atoms with Gasteiger partial charge in [-0.05, 0) is 43.8 Å². The highest BCUT2D eigenvalue weighted by Gasteiger charge is 2.11. The summed E-state index contributed by atoms with van der Waals surface area (Å²) in [5.41, 5.74) is 1.63. The van der Waals surface area contributed by atoms with Crippen LogP contribution in [0, 0.1) is 13.8 Å². The third-order valence-corrected chi connectivity index (χ3v) is 3.62. The van der Waals surface area contributed by atoms with Gasteiger partial charge in [0.25, 0.3) is 0 Å². The Kier molecular flexibility index (Phi) is 4.01. The SMILES string of the molecule is Cc1nnc(Sc2ccc(Cl)c(C(=O)O)c2)nc1C. The first-order chi connectivity index (χ1) is 8.97. The number of aromatic nitrogens is 3. The predicted octanol–water partition coefficient (Wildman–Crippen LogP) is 2.99. The van der Waals surface area contributed by atoms with E-state index in [1.165, 1.54) is 17.8 Å². The Balaban J connectivity index is 2.30. The Labute approximate surface area is 119 Å². The second kappa shape index (κ2) is 5.54. The van der Waals surface area contributed by atoms with Crippen molar-refractivity contribution < 1.29 is 9.90 Å². The normalized spacial score (nSPS) is 10.5. The molecule has 0 spiro atoms. The van der Waals surface area contributed by atoms with Gasteiger partial charge in [0.2, 0.25) is 5.16 Å². The maximum absolute atomic E-state index is 11.0. The van der Waals surface area contributed by atoms with Crippen molar-refractivity contribution in [2.75, 3.05) is 0 Å². The Hall–Kier alpha value is -1.66. The Morgan fingerprint density at radius 1 is 1.26 bits per heavy atom. The number of rotatable bonds is 3. The van der Waals surface area contributed by atoms with Gasteiger partial charge < -0.3 is 5.11 Å². The third kappa shape index (κ3) is 3.21. The van der Waals surface area contributed by atoms with E-state index < -0.39 is 5.97 Å². The zero-order valence-electron chi connectivity index (χ0n) is 10.2. The number of hydrogen-bond donors (Lipinski definition) is 1. The molecule has 98 valence electrons. The summed E-state index contributed by atoms with van der Waals surface area (Å²) < 4.78 is 0. The molecule has 0 radical (unpaired) electrons. The molecule has 2 aromatic rings. The maximum Gasteiger partial charge on any atom is 0.337 e. The van der Waals surface area contributed by atoms with Gasteiger partial charge in [-0.3, -0.25) is 0 Å². The van der Waals surface area contributed by atoms with E-state index in [0.29, 0.717) is 10.1 Å². The molecule has 1 heterocycles. The summed E-state index contributed by atoms with van der Waals surface area (Å²) in [6.07, 6.45) is 0. The molecule has 1 aromatic carbocycles. The lowest BCUT2D eigenvalue weighted by atomic mass is 10.2. The van der Waals surface area contributed by atoms with E-state index in [4.69, 9.17) is 16.7 Å². The number of aromatic carboxylic acids is 1. The average Bonchev–Trinajstić information content (AvgIpc) is 2.36. The van der Waals surface area contributed by atoms with E-state index in [-0.39, 0.29) is 10.6 Å². The molecule has 0 aliphatic rings. The zero-order chi connectivity index (χ0) is 14.0. The molecule has 0 aliphatic carbocycles. The van der Waals surface area contributed by atoms with Gasteiger partial charge in [0.1, 0.15) is 0 Å². The molecular formula is C12H10ClN3O2S. The Bertz CT molecular complexity index is 649. The molecule has 7 heteroatoms. The minimum atomic E-state index is -1.06. The molecule has 0 aliphatic heterocycles. The minimum Gasteiger partial charge on any atom is -0.478 e. The molecule has 19 heavy (non-hydrogen) atoms. The van der Waals surface area contributed by atoms with Crippen LogP contribution in [-0.2, 0) is 0 Å². The topological polar surface area (TPSA) is 76.0 Å². The predicted molar refractivity (Wildman–Crippen MR) is 71.8 cm³/mol. The minimum absolute atomic E-state index is 0.0588. The number of nitrogens with zero attached hydrogens (tertiary/aromatic N) is 3. The van der Waals surface area contributed by atoms with E-state index in [1.807, 2.05) is 13.8 Å². The lowest BCUT2D eigenvalue weighted by Gasteiger charge is -2.04.